The third-order valence-corrected chi connectivity index (χ3v) is 9.01. The zero-order chi connectivity index (χ0) is 30.5. The predicted molar refractivity (Wildman–Crippen MR) is 170 cm³/mol. The van der Waals surface area contributed by atoms with Crippen LogP contribution >= 0.6 is 39.1 Å². The van der Waals surface area contributed by atoms with Crippen LogP contribution in [0, 0.1) is 6.92 Å². The number of aryl methyl sites for hydroxylation is 1. The minimum Gasteiger partial charge on any atom is -0.350 e. The molecule has 0 unspecified atom stereocenters. The van der Waals surface area contributed by atoms with E-state index in [4.69, 9.17) is 23.2 Å². The van der Waals surface area contributed by atoms with Gasteiger partial charge in [-0.05, 0) is 69.2 Å². The first-order valence-corrected chi connectivity index (χ1v) is 16.3. The first kappa shape index (κ1) is 32.9. The molecule has 0 saturated heterocycles. The van der Waals surface area contributed by atoms with E-state index < -0.39 is 34.1 Å². The standard InChI is InChI=1S/C30H34BrCl2N3O4S/c1-20-16-22(14-15-24(20)31)36(41(5,39)40)19-28(37)35(18-23-25(32)12-9-13-26(23)33)27(29(38)34-30(2,3)4)17-21-10-7-6-8-11-21/h6-16,27H,17-19H2,1-5H3,(H,34,38)/t27-/m1/s1. The molecular weight excluding hydrogens is 649 g/mol. The second kappa shape index (κ2) is 13.6. The van der Waals surface area contributed by atoms with Crippen LogP contribution in [-0.4, -0.2) is 49.5 Å². The Bertz CT molecular complexity index is 1490. The highest BCUT2D eigenvalue weighted by atomic mass is 79.9. The number of nitrogens with one attached hydrogen (secondary N) is 1. The molecule has 0 aromatic heterocycles. The normalized spacial score (nSPS) is 12.5. The Morgan fingerprint density at radius 1 is 0.976 bits per heavy atom. The highest BCUT2D eigenvalue weighted by Crippen LogP contribution is 2.29. The van der Waals surface area contributed by atoms with Crippen LogP contribution in [0.5, 0.6) is 0 Å². The summed E-state index contributed by atoms with van der Waals surface area (Å²) in [6.45, 7) is 6.74. The van der Waals surface area contributed by atoms with E-state index in [-0.39, 0.29) is 18.9 Å². The summed E-state index contributed by atoms with van der Waals surface area (Å²) >= 11 is 16.4. The van der Waals surface area contributed by atoms with Crippen molar-refractivity contribution in [3.05, 3.63) is 97.9 Å². The molecule has 0 fully saturated rings. The summed E-state index contributed by atoms with van der Waals surface area (Å²) in [6, 6.07) is 18.3. The molecular formula is C30H34BrCl2N3O4S. The van der Waals surface area contributed by atoms with E-state index in [0.29, 0.717) is 21.3 Å². The van der Waals surface area contributed by atoms with Crippen LogP contribution in [0.25, 0.3) is 0 Å². The van der Waals surface area contributed by atoms with Gasteiger partial charge in [-0.2, -0.15) is 0 Å². The smallest absolute Gasteiger partial charge is 0.244 e. The molecule has 3 aromatic carbocycles. The van der Waals surface area contributed by atoms with Crippen molar-refractivity contribution in [3.63, 3.8) is 0 Å². The molecule has 0 bridgehead atoms. The molecule has 0 spiro atoms. The number of benzene rings is 3. The van der Waals surface area contributed by atoms with Gasteiger partial charge in [0.05, 0.1) is 11.9 Å². The molecule has 220 valence electrons. The van der Waals surface area contributed by atoms with E-state index >= 15 is 0 Å². The van der Waals surface area contributed by atoms with E-state index in [1.807, 2.05) is 58.0 Å². The van der Waals surface area contributed by atoms with Crippen molar-refractivity contribution in [2.45, 2.75) is 52.2 Å². The summed E-state index contributed by atoms with van der Waals surface area (Å²) in [5.74, 6) is -0.972. The third-order valence-electron chi connectivity index (χ3n) is 6.27. The summed E-state index contributed by atoms with van der Waals surface area (Å²) in [6.07, 6.45) is 1.23. The first-order valence-electron chi connectivity index (χ1n) is 12.9. The van der Waals surface area contributed by atoms with Gasteiger partial charge in [0.1, 0.15) is 12.6 Å². The highest BCUT2D eigenvalue weighted by Gasteiger charge is 2.35. The monoisotopic (exact) mass is 681 g/mol. The molecule has 0 aliphatic rings. The Morgan fingerprint density at radius 2 is 1.59 bits per heavy atom. The number of nitrogens with zero attached hydrogens (tertiary/aromatic N) is 2. The molecule has 7 nitrogen and oxygen atoms in total. The number of hydrogen-bond donors (Lipinski definition) is 1. The molecule has 0 aliphatic heterocycles. The van der Waals surface area contributed by atoms with E-state index in [2.05, 4.69) is 21.2 Å². The van der Waals surface area contributed by atoms with E-state index in [1.54, 1.807) is 36.4 Å². The van der Waals surface area contributed by atoms with Crippen LogP contribution in [0.15, 0.2) is 71.2 Å². The largest absolute Gasteiger partial charge is 0.350 e. The maximum absolute atomic E-state index is 14.2. The first-order chi connectivity index (χ1) is 19.1. The predicted octanol–water partition coefficient (Wildman–Crippen LogP) is 6.39. The van der Waals surface area contributed by atoms with Crippen molar-refractivity contribution in [1.29, 1.82) is 0 Å². The Hall–Kier alpha value is -2.59. The summed E-state index contributed by atoms with van der Waals surface area (Å²) in [5.41, 5.74) is 1.83. The Kier molecular flexibility index (Phi) is 10.9. The van der Waals surface area contributed by atoms with E-state index in [0.717, 1.165) is 26.2 Å². The Labute approximate surface area is 261 Å². The number of anilines is 1. The molecule has 2 amide bonds. The van der Waals surface area contributed by atoms with Crippen molar-refractivity contribution in [2.24, 2.45) is 0 Å². The molecule has 3 rings (SSSR count). The van der Waals surface area contributed by atoms with Crippen LogP contribution in [0.1, 0.15) is 37.5 Å². The summed E-state index contributed by atoms with van der Waals surface area (Å²) in [7, 11) is -3.88. The van der Waals surface area contributed by atoms with Crippen molar-refractivity contribution in [1.82, 2.24) is 10.2 Å². The quantitative estimate of drug-likeness (QED) is 0.269. The molecule has 0 radical (unpaired) electrons. The fourth-order valence-corrected chi connectivity index (χ4v) is 5.86. The van der Waals surface area contributed by atoms with Crippen molar-refractivity contribution in [2.75, 3.05) is 17.1 Å². The molecule has 0 aliphatic carbocycles. The van der Waals surface area contributed by atoms with E-state index in [1.165, 1.54) is 4.90 Å². The van der Waals surface area contributed by atoms with E-state index in [9.17, 15) is 18.0 Å². The Balaban J connectivity index is 2.13. The lowest BCUT2D eigenvalue weighted by Gasteiger charge is -2.35. The average molecular weight is 683 g/mol. The number of carbonyl (C=O) groups is 2. The third kappa shape index (κ3) is 9.20. The maximum atomic E-state index is 14.2. The number of carbonyl (C=O) groups excluding carboxylic acids is 2. The fourth-order valence-electron chi connectivity index (χ4n) is 4.26. The summed E-state index contributed by atoms with van der Waals surface area (Å²) in [5, 5.41) is 3.64. The maximum Gasteiger partial charge on any atom is 0.244 e. The van der Waals surface area contributed by atoms with Crippen molar-refractivity contribution in [3.8, 4) is 0 Å². The SMILES string of the molecule is Cc1cc(N(CC(=O)N(Cc2c(Cl)cccc2Cl)[C@H](Cc2ccccc2)C(=O)NC(C)(C)C)S(C)(=O)=O)ccc1Br. The zero-order valence-electron chi connectivity index (χ0n) is 23.6. The van der Waals surface area contributed by atoms with Gasteiger partial charge in [0, 0.05) is 38.6 Å². The van der Waals surface area contributed by atoms with Gasteiger partial charge in [-0.1, -0.05) is 75.5 Å². The van der Waals surface area contributed by atoms with Crippen LogP contribution < -0.4 is 9.62 Å². The lowest BCUT2D eigenvalue weighted by molar-refractivity contribution is -0.140. The summed E-state index contributed by atoms with van der Waals surface area (Å²) < 4.78 is 27.8. The molecule has 3 aromatic rings. The number of amides is 2. The van der Waals surface area contributed by atoms with Gasteiger partial charge in [-0.25, -0.2) is 8.42 Å². The van der Waals surface area contributed by atoms with Gasteiger partial charge in [-0.3, -0.25) is 13.9 Å². The number of halogens is 3. The molecule has 11 heteroatoms. The van der Waals surface area contributed by atoms with Gasteiger partial charge < -0.3 is 10.2 Å². The molecule has 0 heterocycles. The topological polar surface area (TPSA) is 86.8 Å². The lowest BCUT2D eigenvalue weighted by Crippen LogP contribution is -2.56. The van der Waals surface area contributed by atoms with Gasteiger partial charge >= 0.3 is 0 Å². The van der Waals surface area contributed by atoms with Gasteiger partial charge in [0.15, 0.2) is 0 Å². The number of sulfonamides is 1. The van der Waals surface area contributed by atoms with Gasteiger partial charge in [0.2, 0.25) is 21.8 Å². The fraction of sp³-hybridized carbons (Fsp3) is 0.333. The van der Waals surface area contributed by atoms with Gasteiger partial charge in [0.25, 0.3) is 0 Å². The number of hydrogen-bond acceptors (Lipinski definition) is 4. The zero-order valence-corrected chi connectivity index (χ0v) is 27.5. The lowest BCUT2D eigenvalue weighted by atomic mass is 10.0. The molecule has 0 saturated carbocycles. The number of rotatable bonds is 10. The highest BCUT2D eigenvalue weighted by molar-refractivity contribution is 9.10. The minimum atomic E-state index is -3.88. The second-order valence-corrected chi connectivity index (χ2v) is 14.4. The summed E-state index contributed by atoms with van der Waals surface area (Å²) in [4.78, 5) is 29.4. The van der Waals surface area contributed by atoms with Crippen LogP contribution in [0.3, 0.4) is 0 Å². The van der Waals surface area contributed by atoms with Crippen LogP contribution in [0.4, 0.5) is 5.69 Å². The molecule has 1 N–H and O–H groups in total. The van der Waals surface area contributed by atoms with Crippen molar-refractivity contribution < 1.29 is 18.0 Å². The minimum absolute atomic E-state index is 0.108. The van der Waals surface area contributed by atoms with Crippen LogP contribution in [-0.2, 0) is 32.6 Å². The van der Waals surface area contributed by atoms with Crippen LogP contribution in [0.2, 0.25) is 10.0 Å². The van der Waals surface area contributed by atoms with Gasteiger partial charge in [-0.15, -0.1) is 0 Å². The van der Waals surface area contributed by atoms with Crippen molar-refractivity contribution >= 4 is 66.7 Å². The Morgan fingerprint density at radius 3 is 2.12 bits per heavy atom. The molecule has 41 heavy (non-hydrogen) atoms. The molecule has 1 atom stereocenters. The average Bonchev–Trinajstić information content (AvgIpc) is 2.86. The second-order valence-electron chi connectivity index (χ2n) is 10.9.